The molecule has 0 aromatic rings. The number of hydrogen-bond acceptors (Lipinski definition) is 3. The number of rotatable bonds is 7. The molecular formula is C13H24N2O4. The number of ether oxygens (including phenoxy) is 1. The lowest BCUT2D eigenvalue weighted by Gasteiger charge is -2.22. The maximum Gasteiger partial charge on any atom is 0.317 e. The standard InChI is InChI=1S/C13H24N2O4/c1-10(5-6-12(16)17)8-14-13(18)15(2)9-11-4-3-7-19-11/h10-11H,3-9H2,1-2H3,(H,14,18)(H,16,17). The molecule has 0 aromatic heterocycles. The molecule has 19 heavy (non-hydrogen) atoms. The second-order valence-electron chi connectivity index (χ2n) is 5.24. The van der Waals surface area contributed by atoms with Crippen molar-refractivity contribution in [3.8, 4) is 0 Å². The van der Waals surface area contributed by atoms with Crippen LogP contribution in [0.1, 0.15) is 32.6 Å². The topological polar surface area (TPSA) is 78.9 Å². The lowest BCUT2D eigenvalue weighted by molar-refractivity contribution is -0.137. The minimum Gasteiger partial charge on any atom is -0.481 e. The molecule has 0 aromatic carbocycles. The summed E-state index contributed by atoms with van der Waals surface area (Å²) in [5.41, 5.74) is 0. The van der Waals surface area contributed by atoms with Gasteiger partial charge < -0.3 is 20.1 Å². The molecule has 6 heteroatoms. The highest BCUT2D eigenvalue weighted by Gasteiger charge is 2.20. The van der Waals surface area contributed by atoms with Crippen LogP contribution in [-0.4, -0.2) is 54.9 Å². The Bertz CT molecular complexity index is 303. The summed E-state index contributed by atoms with van der Waals surface area (Å²) in [6.45, 7) is 3.83. The fourth-order valence-electron chi connectivity index (χ4n) is 2.05. The van der Waals surface area contributed by atoms with E-state index in [2.05, 4.69) is 5.32 Å². The van der Waals surface area contributed by atoms with Gasteiger partial charge in [0.1, 0.15) is 0 Å². The van der Waals surface area contributed by atoms with Crippen LogP contribution < -0.4 is 5.32 Å². The van der Waals surface area contributed by atoms with E-state index in [1.54, 1.807) is 11.9 Å². The highest BCUT2D eigenvalue weighted by Crippen LogP contribution is 2.12. The van der Waals surface area contributed by atoms with Crippen LogP contribution in [-0.2, 0) is 9.53 Å². The first-order valence-corrected chi connectivity index (χ1v) is 6.81. The number of hydrogen-bond donors (Lipinski definition) is 2. The molecule has 1 saturated heterocycles. The van der Waals surface area contributed by atoms with Gasteiger partial charge in [0, 0.05) is 33.2 Å². The van der Waals surface area contributed by atoms with Gasteiger partial charge in [-0.1, -0.05) is 6.92 Å². The molecule has 1 aliphatic rings. The van der Waals surface area contributed by atoms with Gasteiger partial charge in [0.25, 0.3) is 0 Å². The van der Waals surface area contributed by atoms with E-state index in [-0.39, 0.29) is 24.5 Å². The summed E-state index contributed by atoms with van der Waals surface area (Å²) < 4.78 is 5.48. The average Bonchev–Trinajstić information content (AvgIpc) is 2.86. The van der Waals surface area contributed by atoms with Crippen molar-refractivity contribution in [2.24, 2.45) is 5.92 Å². The third-order valence-corrected chi connectivity index (χ3v) is 3.30. The van der Waals surface area contributed by atoms with Gasteiger partial charge >= 0.3 is 12.0 Å². The largest absolute Gasteiger partial charge is 0.481 e. The van der Waals surface area contributed by atoms with E-state index in [1.807, 2.05) is 6.92 Å². The maximum absolute atomic E-state index is 11.8. The fraction of sp³-hybridized carbons (Fsp3) is 0.846. The van der Waals surface area contributed by atoms with Crippen LogP contribution in [0.15, 0.2) is 0 Å². The third kappa shape index (κ3) is 6.42. The summed E-state index contributed by atoms with van der Waals surface area (Å²) in [7, 11) is 1.75. The Morgan fingerprint density at radius 3 is 2.84 bits per heavy atom. The lowest BCUT2D eigenvalue weighted by atomic mass is 10.1. The molecule has 1 fully saturated rings. The summed E-state index contributed by atoms with van der Waals surface area (Å²) in [4.78, 5) is 23.9. The highest BCUT2D eigenvalue weighted by molar-refractivity contribution is 5.73. The Morgan fingerprint density at radius 2 is 2.26 bits per heavy atom. The number of nitrogens with one attached hydrogen (secondary N) is 1. The predicted molar refractivity (Wildman–Crippen MR) is 71.0 cm³/mol. The molecule has 2 amide bonds. The SMILES string of the molecule is CC(CCC(=O)O)CNC(=O)N(C)CC1CCCO1. The minimum atomic E-state index is -0.798. The van der Waals surface area contributed by atoms with Gasteiger partial charge in [0.2, 0.25) is 0 Å². The van der Waals surface area contributed by atoms with E-state index in [9.17, 15) is 9.59 Å². The third-order valence-electron chi connectivity index (χ3n) is 3.30. The molecule has 1 rings (SSSR count). The first-order chi connectivity index (χ1) is 8.99. The van der Waals surface area contributed by atoms with E-state index in [0.717, 1.165) is 19.4 Å². The molecule has 0 bridgehead atoms. The molecule has 1 aliphatic heterocycles. The summed E-state index contributed by atoms with van der Waals surface area (Å²) in [6.07, 6.45) is 2.94. The van der Waals surface area contributed by atoms with Crippen molar-refractivity contribution < 1.29 is 19.4 Å². The van der Waals surface area contributed by atoms with Crippen molar-refractivity contribution in [1.29, 1.82) is 0 Å². The van der Waals surface area contributed by atoms with Crippen molar-refractivity contribution in [3.05, 3.63) is 0 Å². The van der Waals surface area contributed by atoms with Gasteiger partial charge in [-0.05, 0) is 25.2 Å². The van der Waals surface area contributed by atoms with Crippen molar-refractivity contribution in [2.45, 2.75) is 38.7 Å². The summed E-state index contributed by atoms with van der Waals surface area (Å²) >= 11 is 0. The Kier molecular flexibility index (Phi) is 6.62. The van der Waals surface area contributed by atoms with Crippen LogP contribution >= 0.6 is 0 Å². The van der Waals surface area contributed by atoms with E-state index in [1.165, 1.54) is 0 Å². The number of carboxylic acids is 1. The molecule has 2 atom stereocenters. The van der Waals surface area contributed by atoms with Gasteiger partial charge in [0.15, 0.2) is 0 Å². The monoisotopic (exact) mass is 272 g/mol. The van der Waals surface area contributed by atoms with Gasteiger partial charge in [-0.15, -0.1) is 0 Å². The number of carboxylic acid groups (broad SMARTS) is 1. The van der Waals surface area contributed by atoms with Crippen molar-refractivity contribution in [2.75, 3.05) is 26.7 Å². The molecule has 0 saturated carbocycles. The summed E-state index contributed by atoms with van der Waals surface area (Å²) in [5.74, 6) is -0.634. The molecule has 6 nitrogen and oxygen atoms in total. The Morgan fingerprint density at radius 1 is 1.53 bits per heavy atom. The maximum atomic E-state index is 11.8. The minimum absolute atomic E-state index is 0.127. The molecule has 1 heterocycles. The zero-order chi connectivity index (χ0) is 14.3. The highest BCUT2D eigenvalue weighted by atomic mass is 16.5. The van der Waals surface area contributed by atoms with Gasteiger partial charge in [-0.25, -0.2) is 4.79 Å². The zero-order valence-corrected chi connectivity index (χ0v) is 11.7. The molecule has 2 N–H and O–H groups in total. The first kappa shape index (κ1) is 15.8. The average molecular weight is 272 g/mol. The fourth-order valence-corrected chi connectivity index (χ4v) is 2.05. The quantitative estimate of drug-likeness (QED) is 0.732. The number of likely N-dealkylation sites (N-methyl/N-ethyl adjacent to an activating group) is 1. The summed E-state index contributed by atoms with van der Waals surface area (Å²) in [5, 5.41) is 11.4. The smallest absolute Gasteiger partial charge is 0.317 e. The van der Waals surface area contributed by atoms with E-state index in [0.29, 0.717) is 19.5 Å². The number of carbonyl (C=O) groups excluding carboxylic acids is 1. The van der Waals surface area contributed by atoms with Gasteiger partial charge in [-0.3, -0.25) is 4.79 Å². The first-order valence-electron chi connectivity index (χ1n) is 6.81. The second-order valence-corrected chi connectivity index (χ2v) is 5.24. The molecule has 2 unspecified atom stereocenters. The van der Waals surface area contributed by atoms with Crippen molar-refractivity contribution in [3.63, 3.8) is 0 Å². The van der Waals surface area contributed by atoms with Crippen LogP contribution in [0.5, 0.6) is 0 Å². The Labute approximate surface area is 114 Å². The van der Waals surface area contributed by atoms with Crippen molar-refractivity contribution in [1.82, 2.24) is 10.2 Å². The van der Waals surface area contributed by atoms with Crippen LogP contribution in [0, 0.1) is 5.92 Å². The second kappa shape index (κ2) is 7.99. The number of carbonyl (C=O) groups is 2. The van der Waals surface area contributed by atoms with Crippen LogP contribution in [0.3, 0.4) is 0 Å². The van der Waals surface area contributed by atoms with Crippen molar-refractivity contribution >= 4 is 12.0 Å². The normalized spacial score (nSPS) is 20.0. The summed E-state index contributed by atoms with van der Waals surface area (Å²) in [6, 6.07) is -0.127. The van der Waals surface area contributed by atoms with Crippen LogP contribution in [0.25, 0.3) is 0 Å². The van der Waals surface area contributed by atoms with Gasteiger partial charge in [-0.2, -0.15) is 0 Å². The number of urea groups is 1. The van der Waals surface area contributed by atoms with Gasteiger partial charge in [0.05, 0.1) is 6.10 Å². The zero-order valence-electron chi connectivity index (χ0n) is 11.7. The number of aliphatic carboxylic acids is 1. The molecule has 110 valence electrons. The van der Waals surface area contributed by atoms with E-state index in [4.69, 9.17) is 9.84 Å². The molecule has 0 spiro atoms. The lowest BCUT2D eigenvalue weighted by Crippen LogP contribution is -2.42. The molecule has 0 aliphatic carbocycles. The molecule has 0 radical (unpaired) electrons. The van der Waals surface area contributed by atoms with E-state index >= 15 is 0 Å². The van der Waals surface area contributed by atoms with Crippen LogP contribution in [0.2, 0.25) is 0 Å². The number of nitrogens with zero attached hydrogens (tertiary/aromatic N) is 1. The van der Waals surface area contributed by atoms with E-state index < -0.39 is 5.97 Å². The number of amides is 2. The Balaban J connectivity index is 2.16. The Hall–Kier alpha value is -1.30. The van der Waals surface area contributed by atoms with Crippen LogP contribution in [0.4, 0.5) is 4.79 Å². The predicted octanol–water partition coefficient (Wildman–Crippen LogP) is 1.31. The molecular weight excluding hydrogens is 248 g/mol.